The average Bonchev–Trinajstić information content (AvgIpc) is 2.96. The number of carbonyl (C=O) groups excluding carboxylic acids is 1. The van der Waals surface area contributed by atoms with Gasteiger partial charge in [-0.05, 0) is 18.1 Å². The number of benzene rings is 1. The van der Waals surface area contributed by atoms with Crippen LogP contribution < -0.4 is 5.32 Å². The van der Waals surface area contributed by atoms with E-state index >= 15 is 0 Å². The number of hydrogen-bond acceptors (Lipinski definition) is 3. The number of amides is 1. The van der Waals surface area contributed by atoms with Gasteiger partial charge in [-0.1, -0.05) is 38.1 Å². The number of hydrogen-bond donors (Lipinski definition) is 1. The standard InChI is InChI=1S/C12H12N2OS.C2H6.C2H2/c1-9-12(16-8-14-9)11-4-2-10(3-5-11)6-13-7-15;2*1-2/h2-5,7-8H,6H2,1H3,(H,13,15);1-2H3;1-2H. The molecule has 20 heavy (non-hydrogen) atoms. The number of rotatable bonds is 4. The minimum Gasteiger partial charge on any atom is -0.355 e. The molecule has 0 fully saturated rings. The Balaban J connectivity index is 0.000000829. The van der Waals surface area contributed by atoms with Gasteiger partial charge in [0.15, 0.2) is 0 Å². The summed E-state index contributed by atoms with van der Waals surface area (Å²) in [7, 11) is 0. The van der Waals surface area contributed by atoms with Crippen molar-refractivity contribution in [3.8, 4) is 23.3 Å². The number of carbonyl (C=O) groups is 1. The molecule has 1 aromatic heterocycles. The third kappa shape index (κ3) is 5.25. The highest BCUT2D eigenvalue weighted by atomic mass is 32.1. The smallest absolute Gasteiger partial charge is 0.207 e. The summed E-state index contributed by atoms with van der Waals surface area (Å²) in [5.74, 6) is 0. The van der Waals surface area contributed by atoms with E-state index in [-0.39, 0.29) is 0 Å². The van der Waals surface area contributed by atoms with Gasteiger partial charge in [0, 0.05) is 6.54 Å². The fourth-order valence-electron chi connectivity index (χ4n) is 1.51. The summed E-state index contributed by atoms with van der Waals surface area (Å²) in [6, 6.07) is 8.15. The molecule has 4 heteroatoms. The fraction of sp³-hybridized carbons (Fsp3) is 0.250. The Labute approximate surface area is 125 Å². The molecule has 0 bridgehead atoms. The first-order chi connectivity index (χ1) is 9.81. The van der Waals surface area contributed by atoms with Crippen molar-refractivity contribution in [3.05, 3.63) is 41.0 Å². The Kier molecular flexibility index (Phi) is 9.63. The van der Waals surface area contributed by atoms with Crippen molar-refractivity contribution in [1.82, 2.24) is 10.3 Å². The topological polar surface area (TPSA) is 42.0 Å². The maximum Gasteiger partial charge on any atom is 0.207 e. The van der Waals surface area contributed by atoms with Gasteiger partial charge >= 0.3 is 0 Å². The van der Waals surface area contributed by atoms with E-state index in [1.807, 2.05) is 38.4 Å². The number of terminal acetylenes is 1. The van der Waals surface area contributed by atoms with E-state index in [4.69, 9.17) is 0 Å². The molecule has 106 valence electrons. The van der Waals surface area contributed by atoms with Crippen molar-refractivity contribution >= 4 is 17.7 Å². The quantitative estimate of drug-likeness (QED) is 0.689. The Hall–Kier alpha value is -2.12. The molecule has 0 unspecified atom stereocenters. The molecule has 0 spiro atoms. The molecule has 0 aliphatic carbocycles. The van der Waals surface area contributed by atoms with Crippen LogP contribution in [-0.4, -0.2) is 11.4 Å². The lowest BCUT2D eigenvalue weighted by Crippen LogP contribution is -2.09. The van der Waals surface area contributed by atoms with Crippen molar-refractivity contribution in [2.75, 3.05) is 0 Å². The molecule has 0 atom stereocenters. The zero-order valence-electron chi connectivity index (χ0n) is 12.1. The van der Waals surface area contributed by atoms with Crippen LogP contribution in [0.25, 0.3) is 10.4 Å². The van der Waals surface area contributed by atoms with Crippen LogP contribution in [0.3, 0.4) is 0 Å². The molecule has 0 saturated carbocycles. The minimum atomic E-state index is 0.575. The van der Waals surface area contributed by atoms with Gasteiger partial charge in [-0.3, -0.25) is 4.79 Å². The SMILES string of the molecule is C#C.CC.Cc1ncsc1-c1ccc(CNC=O)cc1. The van der Waals surface area contributed by atoms with Gasteiger partial charge in [-0.25, -0.2) is 4.98 Å². The van der Waals surface area contributed by atoms with Crippen LogP contribution in [0.1, 0.15) is 25.1 Å². The van der Waals surface area contributed by atoms with Crippen LogP contribution in [0.2, 0.25) is 0 Å². The molecule has 2 aromatic rings. The molecular weight excluding hydrogens is 268 g/mol. The summed E-state index contributed by atoms with van der Waals surface area (Å²) in [4.78, 5) is 15.6. The monoisotopic (exact) mass is 288 g/mol. The van der Waals surface area contributed by atoms with Crippen LogP contribution in [0.4, 0.5) is 0 Å². The molecule has 0 aliphatic rings. The van der Waals surface area contributed by atoms with Gasteiger partial charge < -0.3 is 5.32 Å². The highest BCUT2D eigenvalue weighted by Gasteiger charge is 2.03. The largest absolute Gasteiger partial charge is 0.355 e. The molecule has 1 heterocycles. The zero-order chi connectivity index (χ0) is 15.4. The van der Waals surface area contributed by atoms with Gasteiger partial charge in [0.2, 0.25) is 6.41 Å². The first-order valence-corrected chi connectivity index (χ1v) is 7.19. The number of aryl methyl sites for hydroxylation is 1. The van der Waals surface area contributed by atoms with Crippen molar-refractivity contribution in [3.63, 3.8) is 0 Å². The second kappa shape index (κ2) is 10.8. The van der Waals surface area contributed by atoms with E-state index < -0.39 is 0 Å². The van der Waals surface area contributed by atoms with Crippen LogP contribution in [0.5, 0.6) is 0 Å². The third-order valence-corrected chi connectivity index (χ3v) is 3.33. The van der Waals surface area contributed by atoms with E-state index in [1.165, 1.54) is 10.4 Å². The van der Waals surface area contributed by atoms with Gasteiger partial charge in [-0.2, -0.15) is 0 Å². The van der Waals surface area contributed by atoms with E-state index in [9.17, 15) is 4.79 Å². The van der Waals surface area contributed by atoms with Crippen LogP contribution in [-0.2, 0) is 11.3 Å². The Bertz CT molecular complexity index is 515. The van der Waals surface area contributed by atoms with E-state index in [2.05, 4.69) is 35.3 Å². The summed E-state index contributed by atoms with van der Waals surface area (Å²) in [5, 5.41) is 2.64. The van der Waals surface area contributed by atoms with Crippen molar-refractivity contribution in [2.24, 2.45) is 0 Å². The van der Waals surface area contributed by atoms with Crippen molar-refractivity contribution < 1.29 is 4.79 Å². The lowest BCUT2D eigenvalue weighted by molar-refractivity contribution is -0.109. The molecule has 3 nitrogen and oxygen atoms in total. The number of nitrogens with one attached hydrogen (secondary N) is 1. The summed E-state index contributed by atoms with van der Waals surface area (Å²) in [6.45, 7) is 6.58. The summed E-state index contributed by atoms with van der Waals surface area (Å²) < 4.78 is 0. The third-order valence-electron chi connectivity index (χ3n) is 2.35. The summed E-state index contributed by atoms with van der Waals surface area (Å²) >= 11 is 1.64. The second-order valence-corrected chi connectivity index (χ2v) is 4.32. The maximum atomic E-state index is 10.2. The van der Waals surface area contributed by atoms with Gasteiger partial charge in [-0.15, -0.1) is 24.2 Å². The van der Waals surface area contributed by atoms with Gasteiger partial charge in [0.05, 0.1) is 16.1 Å². The predicted molar refractivity (Wildman–Crippen MR) is 86.4 cm³/mol. The fourth-order valence-corrected chi connectivity index (χ4v) is 2.32. The van der Waals surface area contributed by atoms with Crippen molar-refractivity contribution in [2.45, 2.75) is 27.3 Å². The van der Waals surface area contributed by atoms with Gasteiger partial charge in [0.25, 0.3) is 0 Å². The van der Waals surface area contributed by atoms with Crippen molar-refractivity contribution in [1.29, 1.82) is 0 Å². The number of nitrogens with zero attached hydrogens (tertiary/aromatic N) is 1. The molecule has 2 rings (SSSR count). The van der Waals surface area contributed by atoms with Crippen LogP contribution in [0.15, 0.2) is 29.8 Å². The minimum absolute atomic E-state index is 0.575. The normalized spacial score (nSPS) is 8.45. The number of thiazole rings is 1. The maximum absolute atomic E-state index is 10.2. The first kappa shape index (κ1) is 17.9. The van der Waals surface area contributed by atoms with Crippen LogP contribution in [0, 0.1) is 19.8 Å². The highest BCUT2D eigenvalue weighted by Crippen LogP contribution is 2.27. The lowest BCUT2D eigenvalue weighted by atomic mass is 10.1. The molecule has 0 saturated heterocycles. The Morgan fingerprint density at radius 2 is 1.85 bits per heavy atom. The molecule has 0 radical (unpaired) electrons. The molecule has 1 amide bonds. The summed E-state index contributed by atoms with van der Waals surface area (Å²) in [6.07, 6.45) is 8.71. The lowest BCUT2D eigenvalue weighted by Gasteiger charge is -2.02. The highest BCUT2D eigenvalue weighted by molar-refractivity contribution is 7.13. The molecule has 0 aliphatic heterocycles. The zero-order valence-corrected chi connectivity index (χ0v) is 12.9. The average molecular weight is 288 g/mol. The van der Waals surface area contributed by atoms with E-state index in [1.54, 1.807) is 11.3 Å². The van der Waals surface area contributed by atoms with Gasteiger partial charge in [0.1, 0.15) is 0 Å². The van der Waals surface area contributed by atoms with Crippen LogP contribution >= 0.6 is 11.3 Å². The van der Waals surface area contributed by atoms with E-state index in [0.29, 0.717) is 13.0 Å². The first-order valence-electron chi connectivity index (χ1n) is 6.31. The molecule has 1 N–H and O–H groups in total. The molecular formula is C16H20N2OS. The summed E-state index contributed by atoms with van der Waals surface area (Å²) in [5.41, 5.74) is 5.18. The molecule has 1 aromatic carbocycles. The Morgan fingerprint density at radius 3 is 2.30 bits per heavy atom. The Morgan fingerprint density at radius 1 is 1.25 bits per heavy atom. The number of aromatic nitrogens is 1. The van der Waals surface area contributed by atoms with E-state index in [0.717, 1.165) is 11.3 Å². The second-order valence-electron chi connectivity index (χ2n) is 3.46. The predicted octanol–water partition coefficient (Wildman–Crippen LogP) is 3.64.